The molecule has 1 heterocycles. The Morgan fingerprint density at radius 3 is 2.23 bits per heavy atom. The van der Waals surface area contributed by atoms with E-state index >= 15 is 0 Å². The molecule has 2 aliphatic rings. The molecule has 1 aliphatic heterocycles. The monoisotopic (exact) mass is 302 g/mol. The fourth-order valence-corrected chi connectivity index (χ4v) is 3.53. The predicted octanol–water partition coefficient (Wildman–Crippen LogP) is 3.13. The van der Waals surface area contributed by atoms with E-state index < -0.39 is 0 Å². The number of rotatable bonds is 4. The van der Waals surface area contributed by atoms with Crippen LogP contribution in [0.2, 0.25) is 0 Å². The van der Waals surface area contributed by atoms with Crippen LogP contribution in [0, 0.1) is 5.92 Å². The Hall–Kier alpha value is -0.835. The van der Waals surface area contributed by atoms with Crippen molar-refractivity contribution in [1.82, 2.24) is 0 Å². The average Bonchev–Trinajstić information content (AvgIpc) is 2.62. The number of methoxy groups -OCH3 is 1. The summed E-state index contributed by atoms with van der Waals surface area (Å²) in [6, 6.07) is 8.86. The quantitative estimate of drug-likeness (QED) is 0.800. The summed E-state index contributed by atoms with van der Waals surface area (Å²) in [4.78, 5) is 0. The van der Waals surface area contributed by atoms with Crippen LogP contribution in [0.25, 0.3) is 0 Å². The molecule has 4 heteroatoms. The highest BCUT2D eigenvalue weighted by molar-refractivity contribution is 6.61. The second-order valence-electron chi connectivity index (χ2n) is 6.65. The second kappa shape index (κ2) is 7.63. The number of hydrogen-bond acceptors (Lipinski definition) is 3. The van der Waals surface area contributed by atoms with Gasteiger partial charge in [0.15, 0.2) is 0 Å². The first-order valence-electron chi connectivity index (χ1n) is 8.66. The molecule has 1 aromatic carbocycles. The van der Waals surface area contributed by atoms with Crippen molar-refractivity contribution in [2.24, 2.45) is 5.92 Å². The van der Waals surface area contributed by atoms with E-state index in [0.717, 1.165) is 25.1 Å². The molecule has 120 valence electrons. The van der Waals surface area contributed by atoms with Crippen LogP contribution in [-0.4, -0.2) is 33.5 Å². The first-order chi connectivity index (χ1) is 10.8. The lowest BCUT2D eigenvalue weighted by Gasteiger charge is -2.29. The lowest BCUT2D eigenvalue weighted by atomic mass is 9.75. The van der Waals surface area contributed by atoms with E-state index in [2.05, 4.69) is 31.2 Å². The minimum Gasteiger partial charge on any atom is -0.407 e. The van der Waals surface area contributed by atoms with Crippen molar-refractivity contribution in [1.29, 1.82) is 0 Å². The predicted molar refractivity (Wildman–Crippen MR) is 89.5 cm³/mol. The van der Waals surface area contributed by atoms with Crippen molar-refractivity contribution in [2.75, 3.05) is 20.3 Å². The first kappa shape index (κ1) is 16.0. The molecular weight excluding hydrogens is 275 g/mol. The van der Waals surface area contributed by atoms with E-state index in [9.17, 15) is 0 Å². The zero-order valence-corrected chi connectivity index (χ0v) is 13.8. The van der Waals surface area contributed by atoms with Gasteiger partial charge in [-0.15, -0.1) is 0 Å². The Balaban J connectivity index is 1.57. The Labute approximate surface area is 134 Å². The summed E-state index contributed by atoms with van der Waals surface area (Å²) in [5, 5.41) is 0. The third kappa shape index (κ3) is 3.73. The Morgan fingerprint density at radius 1 is 1.05 bits per heavy atom. The minimum absolute atomic E-state index is 0.180. The second-order valence-corrected chi connectivity index (χ2v) is 6.65. The van der Waals surface area contributed by atoms with E-state index in [-0.39, 0.29) is 7.12 Å². The van der Waals surface area contributed by atoms with Gasteiger partial charge < -0.3 is 14.0 Å². The maximum atomic E-state index is 5.84. The van der Waals surface area contributed by atoms with Crippen molar-refractivity contribution < 1.29 is 14.0 Å². The molecule has 0 aromatic heterocycles. The molecule has 0 atom stereocenters. The van der Waals surface area contributed by atoms with Gasteiger partial charge in [0.05, 0.1) is 6.10 Å². The normalized spacial score (nSPS) is 27.1. The summed E-state index contributed by atoms with van der Waals surface area (Å²) in [5.74, 6) is 1.23. The first-order valence-corrected chi connectivity index (χ1v) is 8.66. The summed E-state index contributed by atoms with van der Waals surface area (Å²) in [7, 11) is 1.65. The number of benzene rings is 1. The van der Waals surface area contributed by atoms with E-state index in [1.807, 2.05) is 7.11 Å². The summed E-state index contributed by atoms with van der Waals surface area (Å²) >= 11 is 0. The van der Waals surface area contributed by atoms with Crippen molar-refractivity contribution in [3.63, 3.8) is 0 Å². The van der Waals surface area contributed by atoms with Crippen LogP contribution in [0.5, 0.6) is 0 Å². The van der Waals surface area contributed by atoms with Crippen molar-refractivity contribution in [2.45, 2.75) is 51.0 Å². The van der Waals surface area contributed by atoms with Gasteiger partial charge in [-0.05, 0) is 49.0 Å². The van der Waals surface area contributed by atoms with Crippen LogP contribution < -0.4 is 5.46 Å². The molecule has 0 radical (unpaired) electrons. The smallest absolute Gasteiger partial charge is 0.407 e. The lowest BCUT2D eigenvalue weighted by molar-refractivity contribution is 0.0659. The van der Waals surface area contributed by atoms with Gasteiger partial charge in [-0.1, -0.05) is 31.2 Å². The molecule has 2 fully saturated rings. The average molecular weight is 302 g/mol. The van der Waals surface area contributed by atoms with Gasteiger partial charge >= 0.3 is 7.12 Å². The van der Waals surface area contributed by atoms with Crippen molar-refractivity contribution in [3.8, 4) is 0 Å². The Bertz CT molecular complexity index is 403. The molecule has 0 N–H and O–H groups in total. The van der Waals surface area contributed by atoms with E-state index in [1.54, 1.807) is 0 Å². The van der Waals surface area contributed by atoms with Gasteiger partial charge in [0.25, 0.3) is 0 Å². The molecule has 0 spiro atoms. The number of ether oxygens (including phenoxy) is 1. The van der Waals surface area contributed by atoms with Crippen LogP contribution >= 0.6 is 0 Å². The standard InChI is InChI=1S/C18H27BO3/c1-3-14-12-21-19(22-13-14)17-8-4-15(5-9-17)16-6-10-18(20-2)11-7-16/h4-5,8-9,14,16,18H,3,6-7,10-13H2,1-2H3. The molecule has 1 aromatic rings. The third-order valence-corrected chi connectivity index (χ3v) is 5.23. The molecular formula is C18H27BO3. The van der Waals surface area contributed by atoms with Crippen molar-refractivity contribution in [3.05, 3.63) is 29.8 Å². The highest BCUT2D eigenvalue weighted by atomic mass is 16.6. The summed E-state index contributed by atoms with van der Waals surface area (Å²) < 4.78 is 17.1. The molecule has 1 saturated carbocycles. The van der Waals surface area contributed by atoms with Gasteiger partial charge in [0.2, 0.25) is 0 Å². The van der Waals surface area contributed by atoms with Gasteiger partial charge in [-0.25, -0.2) is 0 Å². The van der Waals surface area contributed by atoms with Gasteiger partial charge in [0, 0.05) is 26.2 Å². The van der Waals surface area contributed by atoms with Crippen LogP contribution in [0.4, 0.5) is 0 Å². The van der Waals surface area contributed by atoms with Gasteiger partial charge in [0.1, 0.15) is 0 Å². The zero-order valence-electron chi connectivity index (χ0n) is 13.8. The maximum absolute atomic E-state index is 5.84. The molecule has 0 unspecified atom stereocenters. The van der Waals surface area contributed by atoms with Gasteiger partial charge in [-0.2, -0.15) is 0 Å². The highest BCUT2D eigenvalue weighted by Crippen LogP contribution is 2.33. The summed E-state index contributed by atoms with van der Waals surface area (Å²) in [6.45, 7) is 3.80. The molecule has 1 saturated heterocycles. The summed E-state index contributed by atoms with van der Waals surface area (Å²) in [5.41, 5.74) is 2.59. The molecule has 3 rings (SSSR count). The minimum atomic E-state index is -0.180. The topological polar surface area (TPSA) is 27.7 Å². The van der Waals surface area contributed by atoms with Crippen LogP contribution in [0.3, 0.4) is 0 Å². The van der Waals surface area contributed by atoms with Gasteiger partial charge in [-0.3, -0.25) is 0 Å². The largest absolute Gasteiger partial charge is 0.493 e. The maximum Gasteiger partial charge on any atom is 0.493 e. The Morgan fingerprint density at radius 2 is 1.68 bits per heavy atom. The van der Waals surface area contributed by atoms with E-state index in [1.165, 1.54) is 31.2 Å². The third-order valence-electron chi connectivity index (χ3n) is 5.23. The zero-order chi connectivity index (χ0) is 15.4. The van der Waals surface area contributed by atoms with Crippen LogP contribution in [0.1, 0.15) is 50.5 Å². The van der Waals surface area contributed by atoms with Crippen molar-refractivity contribution >= 4 is 12.6 Å². The SMILES string of the molecule is CCC1COB(c2ccc(C3CCC(OC)CC3)cc2)OC1. The molecule has 0 amide bonds. The molecule has 1 aliphatic carbocycles. The lowest BCUT2D eigenvalue weighted by Crippen LogP contribution is -2.44. The van der Waals surface area contributed by atoms with Crippen LogP contribution in [0.15, 0.2) is 24.3 Å². The fourth-order valence-electron chi connectivity index (χ4n) is 3.53. The summed E-state index contributed by atoms with van der Waals surface area (Å²) in [6.07, 6.45) is 6.40. The molecule has 3 nitrogen and oxygen atoms in total. The Kier molecular flexibility index (Phi) is 5.56. The molecule has 22 heavy (non-hydrogen) atoms. The van der Waals surface area contributed by atoms with E-state index in [4.69, 9.17) is 14.0 Å². The highest BCUT2D eigenvalue weighted by Gasteiger charge is 2.29. The number of hydrogen-bond donors (Lipinski definition) is 0. The van der Waals surface area contributed by atoms with E-state index in [0.29, 0.717) is 17.9 Å². The van der Waals surface area contributed by atoms with Crippen LogP contribution in [-0.2, 0) is 14.0 Å². The fraction of sp³-hybridized carbons (Fsp3) is 0.667. The molecule has 0 bridgehead atoms.